The van der Waals surface area contributed by atoms with Gasteiger partial charge in [0, 0.05) is 34.6 Å². The molecule has 7 heteroatoms. The predicted octanol–water partition coefficient (Wildman–Crippen LogP) is 3.06. The minimum atomic E-state index is -0.0618. The van der Waals surface area contributed by atoms with Crippen LogP contribution in [0.5, 0.6) is 0 Å². The van der Waals surface area contributed by atoms with Crippen LogP contribution in [0.3, 0.4) is 0 Å². The van der Waals surface area contributed by atoms with Crippen LogP contribution >= 0.6 is 0 Å². The first kappa shape index (κ1) is 16.8. The summed E-state index contributed by atoms with van der Waals surface area (Å²) < 4.78 is 7.61. The van der Waals surface area contributed by atoms with E-state index in [0.717, 1.165) is 42.8 Å². The van der Waals surface area contributed by atoms with Crippen molar-refractivity contribution in [2.45, 2.75) is 59.4 Å². The van der Waals surface area contributed by atoms with Crippen LogP contribution < -0.4 is 5.56 Å². The van der Waals surface area contributed by atoms with Gasteiger partial charge in [-0.25, -0.2) is 0 Å². The highest BCUT2D eigenvalue weighted by Gasteiger charge is 2.25. The zero-order valence-electron chi connectivity index (χ0n) is 15.4. The summed E-state index contributed by atoms with van der Waals surface area (Å²) in [6.45, 7) is 6.73. The molecule has 0 bridgehead atoms. The molecule has 0 aliphatic heterocycles. The molecule has 0 radical (unpaired) electrons. The molecule has 0 atom stereocenters. The van der Waals surface area contributed by atoms with Crippen molar-refractivity contribution in [3.8, 4) is 23.0 Å². The topological polar surface area (TPSA) is 89.6 Å². The summed E-state index contributed by atoms with van der Waals surface area (Å²) in [4.78, 5) is 19.4. The van der Waals surface area contributed by atoms with Gasteiger partial charge < -0.3 is 9.51 Å². The lowest BCUT2D eigenvalue weighted by Gasteiger charge is -2.12. The van der Waals surface area contributed by atoms with Crippen LogP contribution in [0.25, 0.3) is 23.0 Å². The Morgan fingerprint density at radius 1 is 1.27 bits per heavy atom. The SMILES string of the molecule is CCc1cc(-c2noc(-c3nn(CC)c4c3CCCC4)n2)c(C)[nH]c1=O. The van der Waals surface area contributed by atoms with Gasteiger partial charge in [-0.2, -0.15) is 10.1 Å². The lowest BCUT2D eigenvalue weighted by molar-refractivity contribution is 0.429. The Hall–Kier alpha value is -2.70. The number of hydrogen-bond acceptors (Lipinski definition) is 5. The molecule has 26 heavy (non-hydrogen) atoms. The molecule has 0 saturated heterocycles. The molecule has 0 unspecified atom stereocenters. The number of aromatic amines is 1. The summed E-state index contributed by atoms with van der Waals surface area (Å²) in [6, 6.07) is 1.85. The van der Waals surface area contributed by atoms with Gasteiger partial charge in [0.15, 0.2) is 5.69 Å². The summed E-state index contributed by atoms with van der Waals surface area (Å²) in [7, 11) is 0. The largest absolute Gasteiger partial charge is 0.332 e. The Morgan fingerprint density at radius 3 is 2.85 bits per heavy atom. The number of nitrogens with one attached hydrogen (secondary N) is 1. The molecule has 3 aromatic heterocycles. The van der Waals surface area contributed by atoms with Crippen LogP contribution in [0.2, 0.25) is 0 Å². The molecule has 1 aliphatic rings. The average Bonchev–Trinajstić information content (AvgIpc) is 3.26. The molecule has 0 fully saturated rings. The molecule has 4 rings (SSSR count). The normalized spacial score (nSPS) is 13.8. The van der Waals surface area contributed by atoms with E-state index in [4.69, 9.17) is 9.62 Å². The molecule has 136 valence electrons. The van der Waals surface area contributed by atoms with E-state index in [-0.39, 0.29) is 5.56 Å². The second kappa shape index (κ2) is 6.55. The maximum absolute atomic E-state index is 11.9. The predicted molar refractivity (Wildman–Crippen MR) is 98.0 cm³/mol. The highest BCUT2D eigenvalue weighted by molar-refractivity contribution is 5.62. The molecule has 0 amide bonds. The lowest BCUT2D eigenvalue weighted by Crippen LogP contribution is -2.13. The zero-order chi connectivity index (χ0) is 18.3. The van der Waals surface area contributed by atoms with E-state index in [1.54, 1.807) is 0 Å². The van der Waals surface area contributed by atoms with Gasteiger partial charge in [-0.1, -0.05) is 12.1 Å². The first-order valence-corrected chi connectivity index (χ1v) is 9.28. The summed E-state index contributed by atoms with van der Waals surface area (Å²) in [5.74, 6) is 0.938. The van der Waals surface area contributed by atoms with Gasteiger partial charge in [-0.3, -0.25) is 9.48 Å². The fraction of sp³-hybridized carbons (Fsp3) is 0.474. The molecule has 0 saturated carbocycles. The number of fused-ring (bicyclic) bond motifs is 1. The number of hydrogen-bond donors (Lipinski definition) is 1. The Balaban J connectivity index is 1.78. The monoisotopic (exact) mass is 353 g/mol. The van der Waals surface area contributed by atoms with E-state index >= 15 is 0 Å². The zero-order valence-corrected chi connectivity index (χ0v) is 15.4. The van der Waals surface area contributed by atoms with Gasteiger partial charge >= 0.3 is 0 Å². The Labute approximate surface area is 151 Å². The number of rotatable bonds is 4. The summed E-state index contributed by atoms with van der Waals surface area (Å²) in [5.41, 5.74) is 5.51. The lowest BCUT2D eigenvalue weighted by atomic mass is 9.95. The molecule has 0 spiro atoms. The third kappa shape index (κ3) is 2.67. The number of H-pyrrole nitrogens is 1. The Kier molecular flexibility index (Phi) is 4.22. The second-order valence-electron chi connectivity index (χ2n) is 6.74. The third-order valence-corrected chi connectivity index (χ3v) is 5.12. The van der Waals surface area contributed by atoms with Gasteiger partial charge in [0.25, 0.3) is 11.4 Å². The van der Waals surface area contributed by atoms with Crippen LogP contribution in [0.1, 0.15) is 49.2 Å². The Bertz CT molecular complexity index is 1010. The summed E-state index contributed by atoms with van der Waals surface area (Å²) in [6.07, 6.45) is 5.07. The van der Waals surface area contributed by atoms with Crippen molar-refractivity contribution < 1.29 is 4.52 Å². The fourth-order valence-corrected chi connectivity index (χ4v) is 3.69. The highest BCUT2D eigenvalue weighted by Crippen LogP contribution is 2.31. The van der Waals surface area contributed by atoms with Crippen LogP contribution in [-0.2, 0) is 25.8 Å². The van der Waals surface area contributed by atoms with Gasteiger partial charge in [0.2, 0.25) is 5.82 Å². The summed E-state index contributed by atoms with van der Waals surface area (Å²) in [5, 5.41) is 8.88. The first-order chi connectivity index (χ1) is 12.6. The molecule has 3 heterocycles. The van der Waals surface area contributed by atoms with E-state index < -0.39 is 0 Å². The second-order valence-corrected chi connectivity index (χ2v) is 6.74. The highest BCUT2D eigenvalue weighted by atomic mass is 16.5. The minimum absolute atomic E-state index is 0.0618. The molecule has 1 N–H and O–H groups in total. The molecule has 1 aliphatic carbocycles. The molecule has 7 nitrogen and oxygen atoms in total. The van der Waals surface area contributed by atoms with Gasteiger partial charge in [-0.15, -0.1) is 0 Å². The van der Waals surface area contributed by atoms with Gasteiger partial charge in [-0.05, 0) is 52.0 Å². The van der Waals surface area contributed by atoms with Crippen molar-refractivity contribution in [1.29, 1.82) is 0 Å². The van der Waals surface area contributed by atoms with E-state index in [1.807, 2.05) is 24.6 Å². The molecule has 3 aromatic rings. The van der Waals surface area contributed by atoms with Crippen molar-refractivity contribution in [3.05, 3.63) is 38.9 Å². The van der Waals surface area contributed by atoms with Gasteiger partial charge in [0.05, 0.1) is 0 Å². The van der Waals surface area contributed by atoms with E-state index in [0.29, 0.717) is 23.7 Å². The van der Waals surface area contributed by atoms with Crippen molar-refractivity contribution in [1.82, 2.24) is 24.9 Å². The third-order valence-electron chi connectivity index (χ3n) is 5.12. The quantitative estimate of drug-likeness (QED) is 0.778. The number of pyridine rings is 1. The maximum atomic E-state index is 11.9. The van der Waals surface area contributed by atoms with Crippen LogP contribution in [0.4, 0.5) is 0 Å². The molecular formula is C19H23N5O2. The van der Waals surface area contributed by atoms with Crippen molar-refractivity contribution in [2.75, 3.05) is 0 Å². The van der Waals surface area contributed by atoms with E-state index in [9.17, 15) is 4.79 Å². The molecule has 0 aromatic carbocycles. The van der Waals surface area contributed by atoms with E-state index in [1.165, 1.54) is 17.7 Å². The van der Waals surface area contributed by atoms with Crippen molar-refractivity contribution >= 4 is 0 Å². The summed E-state index contributed by atoms with van der Waals surface area (Å²) >= 11 is 0. The standard InChI is InChI=1S/C19H23N5O2/c1-4-12-10-14(11(3)20-18(12)25)17-21-19(26-23-17)16-13-8-6-7-9-15(13)24(5-2)22-16/h10H,4-9H2,1-3H3,(H,20,25). The number of nitrogens with zero attached hydrogens (tertiary/aromatic N) is 4. The smallest absolute Gasteiger partial charge is 0.279 e. The van der Waals surface area contributed by atoms with Crippen LogP contribution in [0, 0.1) is 6.92 Å². The van der Waals surface area contributed by atoms with Crippen molar-refractivity contribution in [2.24, 2.45) is 0 Å². The first-order valence-electron chi connectivity index (χ1n) is 9.28. The Morgan fingerprint density at radius 2 is 2.08 bits per heavy atom. The van der Waals surface area contributed by atoms with Crippen molar-refractivity contribution in [3.63, 3.8) is 0 Å². The maximum Gasteiger partial charge on any atom is 0.279 e. The number of aryl methyl sites for hydroxylation is 3. The van der Waals surface area contributed by atoms with E-state index in [2.05, 4.69) is 22.0 Å². The molecular weight excluding hydrogens is 330 g/mol. The van der Waals surface area contributed by atoms with Gasteiger partial charge in [0.1, 0.15) is 0 Å². The van der Waals surface area contributed by atoms with Crippen LogP contribution in [-0.4, -0.2) is 24.9 Å². The number of aromatic nitrogens is 5. The van der Waals surface area contributed by atoms with Crippen LogP contribution in [0.15, 0.2) is 15.4 Å². The fourth-order valence-electron chi connectivity index (χ4n) is 3.69. The average molecular weight is 353 g/mol. The minimum Gasteiger partial charge on any atom is -0.332 e.